The quantitative estimate of drug-likeness (QED) is 0.877. The van der Waals surface area contributed by atoms with Crippen molar-refractivity contribution in [3.63, 3.8) is 0 Å². The molecule has 1 saturated heterocycles. The van der Waals surface area contributed by atoms with E-state index in [4.69, 9.17) is 17.3 Å². The summed E-state index contributed by atoms with van der Waals surface area (Å²) in [6.07, 6.45) is 0.725. The SMILES string of the molecule is CC(C)(c1cccc(Cl)c1)N1CCC(N)C1=O. The van der Waals surface area contributed by atoms with E-state index < -0.39 is 0 Å². The zero-order chi connectivity index (χ0) is 12.6. The highest BCUT2D eigenvalue weighted by atomic mass is 35.5. The van der Waals surface area contributed by atoms with Gasteiger partial charge in [0, 0.05) is 11.6 Å². The van der Waals surface area contributed by atoms with Gasteiger partial charge < -0.3 is 10.6 Å². The molecule has 1 aliphatic heterocycles. The summed E-state index contributed by atoms with van der Waals surface area (Å²) in [7, 11) is 0. The average molecular weight is 253 g/mol. The lowest BCUT2D eigenvalue weighted by Crippen LogP contribution is -2.45. The number of hydrogen-bond donors (Lipinski definition) is 1. The lowest BCUT2D eigenvalue weighted by Gasteiger charge is -2.36. The maximum Gasteiger partial charge on any atom is 0.240 e. The van der Waals surface area contributed by atoms with E-state index in [0.29, 0.717) is 11.6 Å². The van der Waals surface area contributed by atoms with Crippen LogP contribution in [0.5, 0.6) is 0 Å². The van der Waals surface area contributed by atoms with Gasteiger partial charge in [-0.15, -0.1) is 0 Å². The highest BCUT2D eigenvalue weighted by Crippen LogP contribution is 2.32. The topological polar surface area (TPSA) is 46.3 Å². The summed E-state index contributed by atoms with van der Waals surface area (Å²) in [5.41, 5.74) is 6.43. The molecule has 2 rings (SSSR count). The number of carbonyl (C=O) groups is 1. The first-order chi connectivity index (χ1) is 7.93. The van der Waals surface area contributed by atoms with E-state index in [1.54, 1.807) is 0 Å². The number of nitrogens with two attached hydrogens (primary N) is 1. The standard InChI is InChI=1S/C13H17ClN2O/c1-13(2,9-4-3-5-10(14)8-9)16-7-6-11(15)12(16)17/h3-5,8,11H,6-7,15H2,1-2H3. The van der Waals surface area contributed by atoms with Crippen LogP contribution in [0.3, 0.4) is 0 Å². The molecule has 4 heteroatoms. The molecule has 3 nitrogen and oxygen atoms in total. The Morgan fingerprint density at radius 3 is 2.71 bits per heavy atom. The third-order valence-electron chi connectivity index (χ3n) is 3.45. The van der Waals surface area contributed by atoms with Crippen LogP contribution in [-0.4, -0.2) is 23.4 Å². The fraction of sp³-hybridized carbons (Fsp3) is 0.462. The average Bonchev–Trinajstić information content (AvgIpc) is 2.60. The fourth-order valence-corrected chi connectivity index (χ4v) is 2.47. The number of likely N-dealkylation sites (tertiary alicyclic amines) is 1. The highest BCUT2D eigenvalue weighted by molar-refractivity contribution is 6.30. The van der Waals surface area contributed by atoms with Crippen molar-refractivity contribution in [1.29, 1.82) is 0 Å². The van der Waals surface area contributed by atoms with Gasteiger partial charge in [-0.1, -0.05) is 23.7 Å². The van der Waals surface area contributed by atoms with Gasteiger partial charge in [-0.25, -0.2) is 0 Å². The zero-order valence-electron chi connectivity index (χ0n) is 10.1. The Bertz CT molecular complexity index is 445. The van der Waals surface area contributed by atoms with Crippen LogP contribution < -0.4 is 5.73 Å². The smallest absolute Gasteiger partial charge is 0.240 e. The summed E-state index contributed by atoms with van der Waals surface area (Å²) in [5, 5.41) is 0.687. The second kappa shape index (κ2) is 4.31. The summed E-state index contributed by atoms with van der Waals surface area (Å²) in [6.45, 7) is 4.75. The molecule has 0 radical (unpaired) electrons. The van der Waals surface area contributed by atoms with Gasteiger partial charge >= 0.3 is 0 Å². The van der Waals surface area contributed by atoms with Crippen molar-refractivity contribution in [1.82, 2.24) is 4.90 Å². The predicted molar refractivity (Wildman–Crippen MR) is 68.8 cm³/mol. The fourth-order valence-electron chi connectivity index (χ4n) is 2.28. The van der Waals surface area contributed by atoms with Crippen LogP contribution in [0.25, 0.3) is 0 Å². The van der Waals surface area contributed by atoms with E-state index in [1.807, 2.05) is 43.0 Å². The lowest BCUT2D eigenvalue weighted by molar-refractivity contribution is -0.133. The Labute approximate surface area is 107 Å². The number of nitrogens with zero attached hydrogens (tertiary/aromatic N) is 1. The minimum Gasteiger partial charge on any atom is -0.332 e. The van der Waals surface area contributed by atoms with Gasteiger partial charge in [-0.3, -0.25) is 4.79 Å². The van der Waals surface area contributed by atoms with Crippen molar-refractivity contribution in [2.24, 2.45) is 5.73 Å². The molecular weight excluding hydrogens is 236 g/mol. The molecule has 1 aromatic carbocycles. The van der Waals surface area contributed by atoms with Crippen molar-refractivity contribution in [2.45, 2.75) is 31.8 Å². The van der Waals surface area contributed by atoms with E-state index >= 15 is 0 Å². The van der Waals surface area contributed by atoms with Crippen molar-refractivity contribution < 1.29 is 4.79 Å². The molecule has 92 valence electrons. The van der Waals surface area contributed by atoms with Crippen LogP contribution in [0.15, 0.2) is 24.3 Å². The zero-order valence-corrected chi connectivity index (χ0v) is 10.9. The Morgan fingerprint density at radius 2 is 2.18 bits per heavy atom. The summed E-state index contributed by atoms with van der Waals surface area (Å²) in [5.74, 6) is 0.0231. The van der Waals surface area contributed by atoms with Crippen LogP contribution >= 0.6 is 11.6 Å². The molecule has 2 N–H and O–H groups in total. The Morgan fingerprint density at radius 1 is 1.47 bits per heavy atom. The van der Waals surface area contributed by atoms with Crippen LogP contribution in [0.4, 0.5) is 0 Å². The molecule has 1 heterocycles. The van der Waals surface area contributed by atoms with E-state index in [0.717, 1.165) is 12.0 Å². The molecule has 1 fully saturated rings. The predicted octanol–water partition coefficient (Wildman–Crippen LogP) is 2.13. The van der Waals surface area contributed by atoms with Gasteiger partial charge in [-0.05, 0) is 38.0 Å². The summed E-state index contributed by atoms with van der Waals surface area (Å²) in [4.78, 5) is 13.8. The Hall–Kier alpha value is -1.06. The lowest BCUT2D eigenvalue weighted by atomic mass is 9.92. The molecule has 1 atom stereocenters. The molecule has 1 unspecified atom stereocenters. The molecule has 0 saturated carbocycles. The minimum absolute atomic E-state index is 0.0231. The molecule has 17 heavy (non-hydrogen) atoms. The maximum atomic E-state index is 12.0. The highest BCUT2D eigenvalue weighted by Gasteiger charge is 2.39. The summed E-state index contributed by atoms with van der Waals surface area (Å²) < 4.78 is 0. The van der Waals surface area contributed by atoms with E-state index in [2.05, 4.69) is 0 Å². The maximum absolute atomic E-state index is 12.0. The molecule has 1 amide bonds. The van der Waals surface area contributed by atoms with Gasteiger partial charge in [-0.2, -0.15) is 0 Å². The number of hydrogen-bond acceptors (Lipinski definition) is 2. The number of benzene rings is 1. The first kappa shape index (κ1) is 12.4. The monoisotopic (exact) mass is 252 g/mol. The number of amides is 1. The molecule has 1 aromatic rings. The van der Waals surface area contributed by atoms with Crippen molar-refractivity contribution in [3.8, 4) is 0 Å². The van der Waals surface area contributed by atoms with Gasteiger partial charge in [0.15, 0.2) is 0 Å². The first-order valence-corrected chi connectivity index (χ1v) is 6.14. The molecule has 0 aromatic heterocycles. The van der Waals surface area contributed by atoms with Crippen molar-refractivity contribution >= 4 is 17.5 Å². The molecule has 1 aliphatic rings. The normalized spacial score (nSPS) is 21.1. The van der Waals surface area contributed by atoms with Crippen LogP contribution in [-0.2, 0) is 10.3 Å². The summed E-state index contributed by atoms with van der Waals surface area (Å²) >= 11 is 5.99. The van der Waals surface area contributed by atoms with E-state index in [9.17, 15) is 4.79 Å². The van der Waals surface area contributed by atoms with Gasteiger partial charge in [0.05, 0.1) is 11.6 Å². The summed E-state index contributed by atoms with van der Waals surface area (Å²) in [6, 6.07) is 7.27. The van der Waals surface area contributed by atoms with Crippen LogP contribution in [0.1, 0.15) is 25.8 Å². The van der Waals surface area contributed by atoms with E-state index in [1.165, 1.54) is 0 Å². The molecule has 0 spiro atoms. The van der Waals surface area contributed by atoms with Crippen LogP contribution in [0.2, 0.25) is 5.02 Å². The second-order valence-electron chi connectivity index (χ2n) is 4.95. The molecular formula is C13H17ClN2O. The second-order valence-corrected chi connectivity index (χ2v) is 5.39. The third kappa shape index (κ3) is 2.17. The minimum atomic E-state index is -0.365. The Kier molecular flexibility index (Phi) is 3.15. The molecule has 0 aliphatic carbocycles. The first-order valence-electron chi connectivity index (χ1n) is 5.76. The number of rotatable bonds is 2. The van der Waals surface area contributed by atoms with Gasteiger partial charge in [0.25, 0.3) is 0 Å². The molecule has 0 bridgehead atoms. The number of halogens is 1. The van der Waals surface area contributed by atoms with Gasteiger partial charge in [0.2, 0.25) is 5.91 Å². The van der Waals surface area contributed by atoms with E-state index in [-0.39, 0.29) is 17.5 Å². The largest absolute Gasteiger partial charge is 0.332 e. The van der Waals surface area contributed by atoms with Gasteiger partial charge in [0.1, 0.15) is 0 Å². The third-order valence-corrected chi connectivity index (χ3v) is 3.69. The van der Waals surface area contributed by atoms with Crippen LogP contribution in [0, 0.1) is 0 Å². The van der Waals surface area contributed by atoms with Crippen molar-refractivity contribution in [2.75, 3.05) is 6.54 Å². The Balaban J connectivity index is 2.33. The van der Waals surface area contributed by atoms with Crippen molar-refractivity contribution in [3.05, 3.63) is 34.9 Å². The number of carbonyl (C=O) groups excluding carboxylic acids is 1.